The number of nitrogens with zero attached hydrogens (tertiary/aromatic N) is 1. The van der Waals surface area contributed by atoms with Crippen molar-refractivity contribution in [3.8, 4) is 11.8 Å². The first-order valence-electron chi connectivity index (χ1n) is 6.85. The minimum Gasteiger partial charge on any atom is -0.467 e. The molecule has 0 fully saturated rings. The summed E-state index contributed by atoms with van der Waals surface area (Å²) in [7, 11) is 0. The van der Waals surface area contributed by atoms with Crippen molar-refractivity contribution >= 4 is 23.4 Å². The van der Waals surface area contributed by atoms with Crippen LogP contribution in [-0.2, 0) is 22.8 Å². The highest BCUT2D eigenvalue weighted by atomic mass is 35.5. The van der Waals surface area contributed by atoms with Gasteiger partial charge in [0.1, 0.15) is 5.75 Å². The molecule has 112 valence electrons. The molecule has 1 aliphatic rings. The number of nitriles is 1. The fourth-order valence-corrected chi connectivity index (χ4v) is 3.66. The van der Waals surface area contributed by atoms with E-state index in [0.717, 1.165) is 39.5 Å². The number of rotatable bonds is 4. The second-order valence-electron chi connectivity index (χ2n) is 4.93. The Labute approximate surface area is 138 Å². The molecular weight excluding hydrogens is 318 g/mol. The largest absolute Gasteiger partial charge is 0.467 e. The monoisotopic (exact) mass is 331 g/mol. The lowest BCUT2D eigenvalue weighted by Crippen LogP contribution is -2.13. The summed E-state index contributed by atoms with van der Waals surface area (Å²) in [5.41, 5.74) is 3.85. The van der Waals surface area contributed by atoms with Crippen LogP contribution in [0.25, 0.3) is 0 Å². The Morgan fingerprint density at radius 2 is 2.00 bits per heavy atom. The summed E-state index contributed by atoms with van der Waals surface area (Å²) < 4.78 is 10.9. The number of benzene rings is 2. The zero-order chi connectivity index (χ0) is 15.4. The first-order valence-corrected chi connectivity index (χ1v) is 8.39. The predicted molar refractivity (Wildman–Crippen MR) is 87.9 cm³/mol. The summed E-state index contributed by atoms with van der Waals surface area (Å²) in [5.74, 6) is 2.45. The predicted octanol–water partition coefficient (Wildman–Crippen LogP) is 4.51. The maximum Gasteiger partial charge on any atom is 0.189 e. The normalized spacial score (nSPS) is 13.1. The zero-order valence-electron chi connectivity index (χ0n) is 11.8. The van der Waals surface area contributed by atoms with Gasteiger partial charge in [0.15, 0.2) is 6.79 Å². The van der Waals surface area contributed by atoms with Gasteiger partial charge < -0.3 is 9.47 Å². The summed E-state index contributed by atoms with van der Waals surface area (Å²) >= 11 is 7.90. The molecule has 1 heterocycles. The molecule has 0 aromatic heterocycles. The van der Waals surface area contributed by atoms with Crippen LogP contribution in [0.3, 0.4) is 0 Å². The standard InChI is InChI=1S/C17H14ClNO2S/c18-16-5-14-8-20-11-21-17(14)15(6-16)10-22-9-13-4-2-1-3-12(13)7-19/h1-6H,8-11H2. The van der Waals surface area contributed by atoms with Gasteiger partial charge in [-0.2, -0.15) is 17.0 Å². The van der Waals surface area contributed by atoms with Gasteiger partial charge in [-0.15, -0.1) is 0 Å². The number of hydrogen-bond donors (Lipinski definition) is 0. The molecular formula is C17H14ClNO2S. The van der Waals surface area contributed by atoms with Gasteiger partial charge in [0, 0.05) is 27.7 Å². The van der Waals surface area contributed by atoms with Crippen LogP contribution in [0.15, 0.2) is 36.4 Å². The Bertz CT molecular complexity index is 727. The minimum atomic E-state index is 0.281. The fraction of sp³-hybridized carbons (Fsp3) is 0.235. The van der Waals surface area contributed by atoms with Crippen LogP contribution in [0.5, 0.6) is 5.75 Å². The van der Waals surface area contributed by atoms with Gasteiger partial charge in [0.05, 0.1) is 18.2 Å². The lowest BCUT2D eigenvalue weighted by Gasteiger charge is -2.21. The molecule has 0 spiro atoms. The lowest BCUT2D eigenvalue weighted by molar-refractivity contribution is -0.0168. The fourth-order valence-electron chi connectivity index (χ4n) is 2.39. The van der Waals surface area contributed by atoms with E-state index in [1.807, 2.05) is 36.4 Å². The highest BCUT2D eigenvalue weighted by molar-refractivity contribution is 7.97. The lowest BCUT2D eigenvalue weighted by atomic mass is 10.1. The van der Waals surface area contributed by atoms with Crippen LogP contribution in [0.1, 0.15) is 22.3 Å². The second kappa shape index (κ2) is 7.06. The van der Waals surface area contributed by atoms with Gasteiger partial charge in [0.25, 0.3) is 0 Å². The zero-order valence-corrected chi connectivity index (χ0v) is 13.4. The van der Waals surface area contributed by atoms with E-state index in [9.17, 15) is 0 Å². The summed E-state index contributed by atoms with van der Waals surface area (Å²) in [6.45, 7) is 0.814. The SMILES string of the molecule is N#Cc1ccccc1CSCc1cc(Cl)cc2c1OCOC2. The second-order valence-corrected chi connectivity index (χ2v) is 6.35. The average Bonchev–Trinajstić information content (AvgIpc) is 2.55. The smallest absolute Gasteiger partial charge is 0.189 e. The van der Waals surface area contributed by atoms with Gasteiger partial charge >= 0.3 is 0 Å². The van der Waals surface area contributed by atoms with E-state index in [1.54, 1.807) is 11.8 Å². The van der Waals surface area contributed by atoms with Crippen molar-refractivity contribution in [1.29, 1.82) is 5.26 Å². The van der Waals surface area contributed by atoms with Crippen molar-refractivity contribution in [1.82, 2.24) is 0 Å². The van der Waals surface area contributed by atoms with Crippen molar-refractivity contribution in [2.75, 3.05) is 6.79 Å². The molecule has 5 heteroatoms. The molecule has 22 heavy (non-hydrogen) atoms. The molecule has 0 bridgehead atoms. The first-order chi connectivity index (χ1) is 10.8. The molecule has 0 atom stereocenters. The van der Waals surface area contributed by atoms with Crippen LogP contribution < -0.4 is 4.74 Å². The molecule has 0 amide bonds. The highest BCUT2D eigenvalue weighted by Gasteiger charge is 2.16. The summed E-state index contributed by atoms with van der Waals surface area (Å²) in [4.78, 5) is 0. The molecule has 3 nitrogen and oxygen atoms in total. The molecule has 1 aliphatic heterocycles. The molecule has 0 aliphatic carbocycles. The van der Waals surface area contributed by atoms with Gasteiger partial charge in [0.2, 0.25) is 0 Å². The van der Waals surface area contributed by atoms with Crippen molar-refractivity contribution in [2.24, 2.45) is 0 Å². The summed E-state index contributed by atoms with van der Waals surface area (Å²) in [5, 5.41) is 9.81. The van der Waals surface area contributed by atoms with E-state index >= 15 is 0 Å². The molecule has 2 aromatic rings. The summed E-state index contributed by atoms with van der Waals surface area (Å²) in [6, 6.07) is 13.7. The summed E-state index contributed by atoms with van der Waals surface area (Å²) in [6.07, 6.45) is 0. The highest BCUT2D eigenvalue weighted by Crippen LogP contribution is 2.34. The van der Waals surface area contributed by atoms with Gasteiger partial charge in [-0.1, -0.05) is 29.8 Å². The van der Waals surface area contributed by atoms with Gasteiger partial charge in [-0.05, 0) is 23.8 Å². The van der Waals surface area contributed by atoms with Crippen LogP contribution in [0, 0.1) is 11.3 Å². The molecule has 3 rings (SSSR count). The van der Waals surface area contributed by atoms with Gasteiger partial charge in [-0.25, -0.2) is 0 Å². The van der Waals surface area contributed by atoms with Crippen LogP contribution >= 0.6 is 23.4 Å². The van der Waals surface area contributed by atoms with Crippen LogP contribution in [0.4, 0.5) is 0 Å². The van der Waals surface area contributed by atoms with Crippen molar-refractivity contribution in [2.45, 2.75) is 18.1 Å². The number of hydrogen-bond acceptors (Lipinski definition) is 4. The quantitative estimate of drug-likeness (QED) is 0.826. The molecule has 0 N–H and O–H groups in total. The molecule has 0 saturated heterocycles. The Morgan fingerprint density at radius 3 is 2.86 bits per heavy atom. The van der Waals surface area contributed by atoms with E-state index < -0.39 is 0 Å². The molecule has 2 aromatic carbocycles. The number of ether oxygens (including phenoxy) is 2. The van der Waals surface area contributed by atoms with E-state index in [2.05, 4.69) is 6.07 Å². The van der Waals surface area contributed by atoms with Crippen LogP contribution in [-0.4, -0.2) is 6.79 Å². The molecule has 0 saturated carbocycles. The Kier molecular flexibility index (Phi) is 4.89. The van der Waals surface area contributed by atoms with Crippen molar-refractivity contribution in [3.63, 3.8) is 0 Å². The maximum atomic E-state index is 9.12. The third-order valence-electron chi connectivity index (χ3n) is 3.40. The molecule has 0 radical (unpaired) electrons. The Balaban J connectivity index is 1.72. The number of halogens is 1. The number of thioether (sulfide) groups is 1. The van der Waals surface area contributed by atoms with Gasteiger partial charge in [-0.3, -0.25) is 0 Å². The maximum absolute atomic E-state index is 9.12. The number of fused-ring (bicyclic) bond motifs is 1. The van der Waals surface area contributed by atoms with E-state index in [4.69, 9.17) is 26.3 Å². The third kappa shape index (κ3) is 3.38. The third-order valence-corrected chi connectivity index (χ3v) is 4.65. The first kappa shape index (κ1) is 15.2. The van der Waals surface area contributed by atoms with Crippen molar-refractivity contribution < 1.29 is 9.47 Å². The Morgan fingerprint density at radius 1 is 1.18 bits per heavy atom. The van der Waals surface area contributed by atoms with E-state index in [0.29, 0.717) is 11.6 Å². The topological polar surface area (TPSA) is 42.2 Å². The van der Waals surface area contributed by atoms with E-state index in [1.165, 1.54) is 0 Å². The van der Waals surface area contributed by atoms with Crippen LogP contribution in [0.2, 0.25) is 5.02 Å². The minimum absolute atomic E-state index is 0.281. The van der Waals surface area contributed by atoms with Crippen molar-refractivity contribution in [3.05, 3.63) is 63.7 Å². The Hall–Kier alpha value is -1.67. The van der Waals surface area contributed by atoms with E-state index in [-0.39, 0.29) is 6.79 Å². The average molecular weight is 332 g/mol. The molecule has 0 unspecified atom stereocenters.